The van der Waals surface area contributed by atoms with Crippen molar-refractivity contribution in [2.45, 2.75) is 6.54 Å². The number of ether oxygens (including phenoxy) is 2. The monoisotopic (exact) mass is 349 g/mol. The molecule has 6 nitrogen and oxygen atoms in total. The number of amides is 1. The van der Waals surface area contributed by atoms with Crippen LogP contribution in [0.4, 0.5) is 5.69 Å². The van der Waals surface area contributed by atoms with Crippen molar-refractivity contribution in [3.63, 3.8) is 0 Å². The summed E-state index contributed by atoms with van der Waals surface area (Å²) in [6.07, 6.45) is 0. The van der Waals surface area contributed by atoms with Gasteiger partial charge in [-0.25, -0.2) is 4.98 Å². The minimum absolute atomic E-state index is 0.0868. The largest absolute Gasteiger partial charge is 0.497 e. The van der Waals surface area contributed by atoms with Crippen LogP contribution in [-0.4, -0.2) is 37.1 Å². The second-order valence-electron chi connectivity index (χ2n) is 6.28. The van der Waals surface area contributed by atoms with Crippen LogP contribution in [0.3, 0.4) is 0 Å². The molecule has 6 heteroatoms. The number of benzene rings is 2. The third kappa shape index (κ3) is 2.26. The average molecular weight is 349 g/mol. The Bertz CT molecular complexity index is 1050. The Morgan fingerprint density at radius 3 is 2.65 bits per heavy atom. The van der Waals surface area contributed by atoms with E-state index in [1.807, 2.05) is 36.4 Å². The van der Waals surface area contributed by atoms with Crippen molar-refractivity contribution in [1.82, 2.24) is 9.88 Å². The van der Waals surface area contributed by atoms with Gasteiger partial charge >= 0.3 is 0 Å². The van der Waals surface area contributed by atoms with Crippen molar-refractivity contribution in [3.05, 3.63) is 47.7 Å². The summed E-state index contributed by atoms with van der Waals surface area (Å²) < 4.78 is 10.9. The summed E-state index contributed by atoms with van der Waals surface area (Å²) in [6, 6.07) is 11.4. The average Bonchev–Trinajstić information content (AvgIpc) is 2.95. The first kappa shape index (κ1) is 16.2. The molecule has 0 unspecified atom stereocenters. The molecule has 1 aliphatic heterocycles. The van der Waals surface area contributed by atoms with E-state index in [2.05, 4.69) is 0 Å². The molecule has 1 amide bonds. The maximum absolute atomic E-state index is 12.4. The number of hydrogen-bond acceptors (Lipinski definition) is 5. The van der Waals surface area contributed by atoms with Gasteiger partial charge in [0.1, 0.15) is 11.5 Å². The van der Waals surface area contributed by atoms with Crippen LogP contribution in [0.2, 0.25) is 0 Å². The van der Waals surface area contributed by atoms with Crippen molar-refractivity contribution in [2.24, 2.45) is 0 Å². The molecule has 1 aliphatic rings. The molecule has 1 aromatic heterocycles. The Morgan fingerprint density at radius 1 is 1.12 bits per heavy atom. The van der Waals surface area contributed by atoms with Gasteiger partial charge in [0.15, 0.2) is 0 Å². The van der Waals surface area contributed by atoms with Gasteiger partial charge in [0.2, 0.25) is 0 Å². The highest BCUT2D eigenvalue weighted by molar-refractivity contribution is 6.11. The summed E-state index contributed by atoms with van der Waals surface area (Å²) >= 11 is 0. The molecule has 26 heavy (non-hydrogen) atoms. The van der Waals surface area contributed by atoms with Gasteiger partial charge in [0.05, 0.1) is 43.2 Å². The number of pyridine rings is 1. The number of carbonyl (C=O) groups excluding carboxylic acids is 1. The molecule has 0 saturated carbocycles. The van der Waals surface area contributed by atoms with Crippen LogP contribution in [0.1, 0.15) is 16.1 Å². The molecule has 4 rings (SSSR count). The molecular formula is C20H19N3O3. The van der Waals surface area contributed by atoms with Crippen LogP contribution >= 0.6 is 0 Å². The van der Waals surface area contributed by atoms with E-state index >= 15 is 0 Å². The standard InChI is InChI=1S/C20H19N3O3/c1-23-10-15-17(20(23)24)18(21)13-6-4-5-12(19(13)22-15)14-9-11(25-2)7-8-16(14)26-3/h4-9H,10H2,1-3H3,(H2,21,22). The normalized spacial score (nSPS) is 13.2. The number of nitrogens with zero attached hydrogens (tertiary/aromatic N) is 2. The van der Waals surface area contributed by atoms with Crippen LogP contribution in [-0.2, 0) is 6.54 Å². The van der Waals surface area contributed by atoms with Gasteiger partial charge in [0, 0.05) is 23.6 Å². The zero-order valence-electron chi connectivity index (χ0n) is 14.9. The summed E-state index contributed by atoms with van der Waals surface area (Å²) in [4.78, 5) is 18.8. The van der Waals surface area contributed by atoms with Crippen LogP contribution in [0.15, 0.2) is 36.4 Å². The number of nitrogen functional groups attached to an aromatic ring is 1. The molecule has 0 radical (unpaired) electrons. The fourth-order valence-corrected chi connectivity index (χ4v) is 3.44. The first-order chi connectivity index (χ1) is 12.5. The predicted molar refractivity (Wildman–Crippen MR) is 100 cm³/mol. The number of aromatic nitrogens is 1. The SMILES string of the molecule is COc1ccc(OC)c(-c2cccc3c(N)c4c(nc23)CN(C)C4=O)c1. The highest BCUT2D eigenvalue weighted by Crippen LogP contribution is 2.40. The van der Waals surface area contributed by atoms with Crippen molar-refractivity contribution in [2.75, 3.05) is 27.0 Å². The number of para-hydroxylation sites is 1. The molecular weight excluding hydrogens is 330 g/mol. The van der Waals surface area contributed by atoms with E-state index in [1.165, 1.54) is 0 Å². The number of carbonyl (C=O) groups is 1. The van der Waals surface area contributed by atoms with Gasteiger partial charge in [-0.1, -0.05) is 18.2 Å². The molecule has 2 aromatic carbocycles. The summed E-state index contributed by atoms with van der Waals surface area (Å²) in [5.41, 5.74) is 10.5. The van der Waals surface area contributed by atoms with Crippen LogP contribution < -0.4 is 15.2 Å². The fourth-order valence-electron chi connectivity index (χ4n) is 3.44. The Labute approximate surface area is 151 Å². The topological polar surface area (TPSA) is 77.7 Å². The van der Waals surface area contributed by atoms with Crippen molar-refractivity contribution in [1.29, 1.82) is 0 Å². The summed E-state index contributed by atoms with van der Waals surface area (Å²) in [5.74, 6) is 1.35. The van der Waals surface area contributed by atoms with E-state index in [4.69, 9.17) is 20.2 Å². The number of nitrogens with two attached hydrogens (primary N) is 1. The maximum Gasteiger partial charge on any atom is 0.258 e. The molecule has 3 aromatic rings. The third-order valence-corrected chi connectivity index (χ3v) is 4.78. The minimum Gasteiger partial charge on any atom is -0.497 e. The number of methoxy groups -OCH3 is 2. The summed E-state index contributed by atoms with van der Waals surface area (Å²) in [6.45, 7) is 0.456. The fraction of sp³-hybridized carbons (Fsp3) is 0.200. The molecule has 2 heterocycles. The van der Waals surface area contributed by atoms with Crippen LogP contribution in [0, 0.1) is 0 Å². The zero-order chi connectivity index (χ0) is 18.4. The molecule has 0 aliphatic carbocycles. The minimum atomic E-state index is -0.0868. The summed E-state index contributed by atoms with van der Waals surface area (Å²) in [5, 5.41) is 0.759. The lowest BCUT2D eigenvalue weighted by atomic mass is 9.98. The molecule has 132 valence electrons. The lowest BCUT2D eigenvalue weighted by Crippen LogP contribution is -2.18. The first-order valence-electron chi connectivity index (χ1n) is 8.24. The number of hydrogen-bond donors (Lipinski definition) is 1. The second kappa shape index (κ2) is 5.91. The van der Waals surface area contributed by atoms with E-state index < -0.39 is 0 Å². The highest BCUT2D eigenvalue weighted by Gasteiger charge is 2.30. The van der Waals surface area contributed by atoms with Gasteiger partial charge in [-0.2, -0.15) is 0 Å². The Balaban J connectivity index is 2.04. The quantitative estimate of drug-likeness (QED) is 0.786. The molecule has 0 bridgehead atoms. The second-order valence-corrected chi connectivity index (χ2v) is 6.28. The van der Waals surface area contributed by atoms with Gasteiger partial charge < -0.3 is 20.1 Å². The third-order valence-electron chi connectivity index (χ3n) is 4.78. The molecule has 0 fully saturated rings. The number of anilines is 1. The molecule has 0 atom stereocenters. The smallest absolute Gasteiger partial charge is 0.258 e. The lowest BCUT2D eigenvalue weighted by molar-refractivity contribution is 0.0817. The first-order valence-corrected chi connectivity index (χ1v) is 8.24. The van der Waals surface area contributed by atoms with E-state index in [-0.39, 0.29) is 5.91 Å². The summed E-state index contributed by atoms with van der Waals surface area (Å²) in [7, 11) is 5.00. The van der Waals surface area contributed by atoms with E-state index in [1.54, 1.807) is 26.2 Å². The number of fused-ring (bicyclic) bond motifs is 2. The van der Waals surface area contributed by atoms with Gasteiger partial charge in [-0.3, -0.25) is 4.79 Å². The lowest BCUT2D eigenvalue weighted by Gasteiger charge is -2.14. The predicted octanol–water partition coefficient (Wildman–Crippen LogP) is 3.09. The molecule has 0 saturated heterocycles. The van der Waals surface area contributed by atoms with Gasteiger partial charge in [0.25, 0.3) is 5.91 Å². The van der Waals surface area contributed by atoms with Gasteiger partial charge in [-0.05, 0) is 18.2 Å². The van der Waals surface area contributed by atoms with Crippen molar-refractivity contribution >= 4 is 22.5 Å². The van der Waals surface area contributed by atoms with E-state index in [0.29, 0.717) is 29.2 Å². The number of rotatable bonds is 3. The van der Waals surface area contributed by atoms with Crippen molar-refractivity contribution < 1.29 is 14.3 Å². The van der Waals surface area contributed by atoms with E-state index in [9.17, 15) is 4.79 Å². The molecule has 0 spiro atoms. The molecule has 2 N–H and O–H groups in total. The van der Waals surface area contributed by atoms with Crippen LogP contribution in [0.5, 0.6) is 11.5 Å². The zero-order valence-corrected chi connectivity index (χ0v) is 14.9. The Morgan fingerprint density at radius 2 is 1.92 bits per heavy atom. The van der Waals surface area contributed by atoms with Gasteiger partial charge in [-0.15, -0.1) is 0 Å². The van der Waals surface area contributed by atoms with Crippen LogP contribution in [0.25, 0.3) is 22.0 Å². The Hall–Kier alpha value is -3.28. The highest BCUT2D eigenvalue weighted by atomic mass is 16.5. The van der Waals surface area contributed by atoms with E-state index in [0.717, 1.165) is 27.8 Å². The van der Waals surface area contributed by atoms with Crippen molar-refractivity contribution in [3.8, 4) is 22.6 Å². The Kier molecular flexibility index (Phi) is 3.68. The maximum atomic E-state index is 12.4.